The van der Waals surface area contributed by atoms with Gasteiger partial charge < -0.3 is 10.0 Å². The van der Waals surface area contributed by atoms with E-state index in [9.17, 15) is 5.11 Å². The van der Waals surface area contributed by atoms with Gasteiger partial charge in [0.05, 0.1) is 0 Å². The lowest BCUT2D eigenvalue weighted by Gasteiger charge is -2.42. The molecule has 2 unspecified atom stereocenters. The van der Waals surface area contributed by atoms with Crippen molar-refractivity contribution in [3.05, 3.63) is 0 Å². The highest BCUT2D eigenvalue weighted by Gasteiger charge is 2.33. The van der Waals surface area contributed by atoms with Crippen molar-refractivity contribution in [3.63, 3.8) is 0 Å². The Kier molecular flexibility index (Phi) is 5.46. The molecule has 2 aliphatic rings. The van der Waals surface area contributed by atoms with Crippen molar-refractivity contribution >= 4 is 0 Å². The predicted molar refractivity (Wildman–Crippen MR) is 75.8 cm³/mol. The number of hydrogen-bond acceptors (Lipinski definition) is 3. The SMILES string of the molecule is CC1CCN(C)CC(CCO)N1C1CCCCC1. The third-order valence-electron chi connectivity index (χ3n) is 4.84. The van der Waals surface area contributed by atoms with E-state index in [0.29, 0.717) is 18.7 Å². The van der Waals surface area contributed by atoms with Crippen molar-refractivity contribution < 1.29 is 5.11 Å². The summed E-state index contributed by atoms with van der Waals surface area (Å²) in [6.07, 6.45) is 9.17. The van der Waals surface area contributed by atoms with E-state index in [-0.39, 0.29) is 0 Å². The van der Waals surface area contributed by atoms with Crippen LogP contribution in [0.5, 0.6) is 0 Å². The molecule has 1 aliphatic heterocycles. The molecule has 1 heterocycles. The van der Waals surface area contributed by atoms with Crippen LogP contribution in [0.15, 0.2) is 0 Å². The van der Waals surface area contributed by atoms with Crippen LogP contribution in [-0.2, 0) is 0 Å². The second-order valence-corrected chi connectivity index (χ2v) is 6.31. The van der Waals surface area contributed by atoms with Crippen LogP contribution in [0.2, 0.25) is 0 Å². The summed E-state index contributed by atoms with van der Waals surface area (Å²) < 4.78 is 0. The molecule has 3 nitrogen and oxygen atoms in total. The van der Waals surface area contributed by atoms with E-state index in [4.69, 9.17) is 0 Å². The maximum Gasteiger partial charge on any atom is 0.0446 e. The first kappa shape index (κ1) is 14.3. The van der Waals surface area contributed by atoms with Gasteiger partial charge in [-0.25, -0.2) is 0 Å². The Morgan fingerprint density at radius 2 is 1.83 bits per heavy atom. The number of aliphatic hydroxyl groups excluding tert-OH is 1. The first-order valence-corrected chi connectivity index (χ1v) is 7.79. The number of hydrogen-bond donors (Lipinski definition) is 1. The molecule has 18 heavy (non-hydrogen) atoms. The molecule has 0 amide bonds. The lowest BCUT2D eigenvalue weighted by Crippen LogP contribution is -2.50. The molecule has 106 valence electrons. The van der Waals surface area contributed by atoms with Gasteiger partial charge in [0.1, 0.15) is 0 Å². The van der Waals surface area contributed by atoms with Gasteiger partial charge in [-0.3, -0.25) is 4.90 Å². The summed E-state index contributed by atoms with van der Waals surface area (Å²) in [6, 6.07) is 2.01. The van der Waals surface area contributed by atoms with Crippen molar-refractivity contribution in [1.82, 2.24) is 9.80 Å². The van der Waals surface area contributed by atoms with Gasteiger partial charge in [-0.1, -0.05) is 19.3 Å². The fourth-order valence-corrected chi connectivity index (χ4v) is 3.89. The van der Waals surface area contributed by atoms with Gasteiger partial charge in [0.2, 0.25) is 0 Å². The molecule has 1 saturated heterocycles. The highest BCUT2D eigenvalue weighted by atomic mass is 16.3. The van der Waals surface area contributed by atoms with Crippen LogP contribution < -0.4 is 0 Å². The average Bonchev–Trinajstić information content (AvgIpc) is 2.51. The summed E-state index contributed by atoms with van der Waals surface area (Å²) in [4.78, 5) is 5.21. The van der Waals surface area contributed by atoms with Crippen molar-refractivity contribution in [1.29, 1.82) is 0 Å². The summed E-state index contributed by atoms with van der Waals surface area (Å²) in [7, 11) is 2.22. The van der Waals surface area contributed by atoms with E-state index in [2.05, 4.69) is 23.8 Å². The monoisotopic (exact) mass is 254 g/mol. The minimum absolute atomic E-state index is 0.328. The third-order valence-corrected chi connectivity index (χ3v) is 4.84. The van der Waals surface area contributed by atoms with Gasteiger partial charge in [0.15, 0.2) is 0 Å². The normalized spacial score (nSPS) is 33.5. The molecule has 0 bridgehead atoms. The van der Waals surface area contributed by atoms with Crippen molar-refractivity contribution in [2.45, 2.75) is 70.0 Å². The minimum Gasteiger partial charge on any atom is -0.396 e. The van der Waals surface area contributed by atoms with E-state index in [1.165, 1.54) is 45.1 Å². The van der Waals surface area contributed by atoms with Crippen LogP contribution in [-0.4, -0.2) is 59.8 Å². The van der Waals surface area contributed by atoms with Crippen LogP contribution >= 0.6 is 0 Å². The van der Waals surface area contributed by atoms with E-state index in [1.807, 2.05) is 0 Å². The molecule has 0 aromatic carbocycles. The molecule has 0 radical (unpaired) electrons. The summed E-state index contributed by atoms with van der Waals surface area (Å²) in [5.41, 5.74) is 0. The molecule has 1 N–H and O–H groups in total. The summed E-state index contributed by atoms with van der Waals surface area (Å²) in [5, 5.41) is 9.35. The molecule has 1 saturated carbocycles. The Bertz CT molecular complexity index is 241. The maximum atomic E-state index is 9.35. The second-order valence-electron chi connectivity index (χ2n) is 6.31. The van der Waals surface area contributed by atoms with Crippen LogP contribution in [0.4, 0.5) is 0 Å². The second kappa shape index (κ2) is 6.88. The van der Waals surface area contributed by atoms with Crippen LogP contribution in [0.3, 0.4) is 0 Å². The Morgan fingerprint density at radius 1 is 1.11 bits per heavy atom. The Morgan fingerprint density at radius 3 is 2.50 bits per heavy atom. The molecule has 2 atom stereocenters. The number of likely N-dealkylation sites (N-methyl/N-ethyl adjacent to an activating group) is 1. The van der Waals surface area contributed by atoms with E-state index < -0.39 is 0 Å². The van der Waals surface area contributed by atoms with Crippen molar-refractivity contribution in [2.75, 3.05) is 26.7 Å². The Hall–Kier alpha value is -0.120. The predicted octanol–water partition coefficient (Wildman–Crippen LogP) is 2.10. The van der Waals surface area contributed by atoms with Gasteiger partial charge >= 0.3 is 0 Å². The highest BCUT2D eigenvalue weighted by Crippen LogP contribution is 2.29. The van der Waals surface area contributed by atoms with E-state index >= 15 is 0 Å². The molecule has 2 rings (SSSR count). The largest absolute Gasteiger partial charge is 0.396 e. The van der Waals surface area contributed by atoms with Gasteiger partial charge in [-0.05, 0) is 46.2 Å². The number of aliphatic hydroxyl groups is 1. The summed E-state index contributed by atoms with van der Waals surface area (Å²) in [6.45, 7) is 5.04. The fourth-order valence-electron chi connectivity index (χ4n) is 3.89. The number of nitrogens with zero attached hydrogens (tertiary/aromatic N) is 2. The van der Waals surface area contributed by atoms with Gasteiger partial charge in [-0.15, -0.1) is 0 Å². The summed E-state index contributed by atoms with van der Waals surface area (Å²) in [5.74, 6) is 0. The molecule has 1 aliphatic carbocycles. The van der Waals surface area contributed by atoms with Gasteiger partial charge in [0.25, 0.3) is 0 Å². The molecule has 3 heteroatoms. The standard InChI is InChI=1S/C15H30N2O/c1-13-8-10-16(2)12-15(9-11-18)17(13)14-6-4-3-5-7-14/h13-15,18H,3-12H2,1-2H3. The molecule has 0 aromatic heterocycles. The smallest absolute Gasteiger partial charge is 0.0446 e. The zero-order valence-electron chi connectivity index (χ0n) is 12.1. The molecule has 2 fully saturated rings. The fraction of sp³-hybridized carbons (Fsp3) is 1.00. The first-order valence-electron chi connectivity index (χ1n) is 7.79. The lowest BCUT2D eigenvalue weighted by molar-refractivity contribution is 0.0528. The van der Waals surface area contributed by atoms with Gasteiger partial charge in [0, 0.05) is 31.3 Å². The average molecular weight is 254 g/mol. The first-order chi connectivity index (χ1) is 8.72. The molecule has 0 spiro atoms. The molecule has 0 aromatic rings. The molecular formula is C15H30N2O. The maximum absolute atomic E-state index is 9.35. The Labute approximate surface area is 112 Å². The zero-order chi connectivity index (χ0) is 13.0. The zero-order valence-corrected chi connectivity index (χ0v) is 12.1. The summed E-state index contributed by atoms with van der Waals surface area (Å²) >= 11 is 0. The third kappa shape index (κ3) is 3.46. The lowest BCUT2D eigenvalue weighted by atomic mass is 9.91. The van der Waals surface area contributed by atoms with E-state index in [0.717, 1.165) is 19.0 Å². The highest BCUT2D eigenvalue weighted by molar-refractivity contribution is 4.89. The Balaban J connectivity index is 2.08. The van der Waals surface area contributed by atoms with Crippen molar-refractivity contribution in [3.8, 4) is 0 Å². The quantitative estimate of drug-likeness (QED) is 0.835. The molecular weight excluding hydrogens is 224 g/mol. The topological polar surface area (TPSA) is 26.7 Å². The van der Waals surface area contributed by atoms with Crippen LogP contribution in [0.1, 0.15) is 51.9 Å². The van der Waals surface area contributed by atoms with Crippen molar-refractivity contribution in [2.24, 2.45) is 0 Å². The van der Waals surface area contributed by atoms with Crippen LogP contribution in [0.25, 0.3) is 0 Å². The minimum atomic E-state index is 0.328. The van der Waals surface area contributed by atoms with E-state index in [1.54, 1.807) is 0 Å². The number of rotatable bonds is 3. The van der Waals surface area contributed by atoms with Crippen LogP contribution in [0, 0.1) is 0 Å². The van der Waals surface area contributed by atoms with Gasteiger partial charge in [-0.2, -0.15) is 0 Å².